The predicted molar refractivity (Wildman–Crippen MR) is 76.4 cm³/mol. The van der Waals surface area contributed by atoms with Gasteiger partial charge < -0.3 is 14.6 Å². The van der Waals surface area contributed by atoms with E-state index in [0.717, 1.165) is 5.56 Å². The van der Waals surface area contributed by atoms with Crippen molar-refractivity contribution in [1.82, 2.24) is 0 Å². The zero-order chi connectivity index (χ0) is 15.0. The maximum atomic E-state index is 11.8. The van der Waals surface area contributed by atoms with Crippen molar-refractivity contribution in [3.8, 4) is 17.6 Å². The predicted octanol–water partition coefficient (Wildman–Crippen LogP) is 2.14. The number of aliphatic hydroxyl groups excluding tert-OH is 1. The van der Waals surface area contributed by atoms with E-state index in [1.54, 1.807) is 39.0 Å². The van der Waals surface area contributed by atoms with Crippen LogP contribution >= 0.6 is 0 Å². The van der Waals surface area contributed by atoms with Crippen molar-refractivity contribution in [1.29, 1.82) is 0 Å². The van der Waals surface area contributed by atoms with Gasteiger partial charge in [-0.2, -0.15) is 0 Å². The monoisotopic (exact) mass is 276 g/mol. The molecule has 0 aliphatic carbocycles. The summed E-state index contributed by atoms with van der Waals surface area (Å²) in [4.78, 5) is 11.8. The molecule has 0 amide bonds. The van der Waals surface area contributed by atoms with Crippen molar-refractivity contribution in [2.75, 3.05) is 13.2 Å². The van der Waals surface area contributed by atoms with Crippen molar-refractivity contribution in [3.05, 3.63) is 29.8 Å². The second kappa shape index (κ2) is 7.56. The average molecular weight is 276 g/mol. The molecule has 4 nitrogen and oxygen atoms in total. The Kier molecular flexibility index (Phi) is 6.08. The maximum Gasteiger partial charge on any atom is 0.349 e. The van der Waals surface area contributed by atoms with Gasteiger partial charge in [-0.3, -0.25) is 0 Å². The minimum absolute atomic E-state index is 0.0408. The lowest BCUT2D eigenvalue weighted by atomic mass is 10.1. The number of esters is 1. The lowest BCUT2D eigenvalue weighted by molar-refractivity contribution is -0.158. The Morgan fingerprint density at radius 2 is 2.15 bits per heavy atom. The van der Waals surface area contributed by atoms with Gasteiger partial charge in [0.1, 0.15) is 5.75 Å². The van der Waals surface area contributed by atoms with Crippen molar-refractivity contribution in [2.45, 2.75) is 32.8 Å². The van der Waals surface area contributed by atoms with Gasteiger partial charge in [-0.25, -0.2) is 4.79 Å². The summed E-state index contributed by atoms with van der Waals surface area (Å²) in [5.41, 5.74) is -0.275. The molecular weight excluding hydrogens is 256 g/mol. The van der Waals surface area contributed by atoms with Crippen LogP contribution in [0.5, 0.6) is 5.75 Å². The average Bonchev–Trinajstić information content (AvgIpc) is 2.39. The Balaban J connectivity index is 2.80. The van der Waals surface area contributed by atoms with E-state index in [2.05, 4.69) is 11.8 Å². The molecule has 108 valence electrons. The number of aliphatic hydroxyl groups is 1. The molecule has 0 unspecified atom stereocenters. The summed E-state index contributed by atoms with van der Waals surface area (Å²) in [6, 6.07) is 7.16. The van der Waals surface area contributed by atoms with E-state index in [1.165, 1.54) is 0 Å². The fourth-order valence-electron chi connectivity index (χ4n) is 1.50. The van der Waals surface area contributed by atoms with E-state index in [-0.39, 0.29) is 6.61 Å². The first-order valence-corrected chi connectivity index (χ1v) is 6.55. The number of hydrogen-bond donors (Lipinski definition) is 1. The molecule has 0 atom stereocenters. The van der Waals surface area contributed by atoms with Gasteiger partial charge >= 0.3 is 5.97 Å². The smallest absolute Gasteiger partial charge is 0.349 e. The molecule has 0 radical (unpaired) electrons. The Morgan fingerprint density at radius 3 is 2.80 bits per heavy atom. The van der Waals surface area contributed by atoms with E-state index in [4.69, 9.17) is 14.6 Å². The molecule has 0 aliphatic heterocycles. The topological polar surface area (TPSA) is 55.8 Å². The second-order valence-electron chi connectivity index (χ2n) is 4.64. The Hall–Kier alpha value is -1.99. The number of carbonyl (C=O) groups excluding carboxylic acids is 1. The van der Waals surface area contributed by atoms with Crippen LogP contribution in [-0.4, -0.2) is 29.9 Å². The fourth-order valence-corrected chi connectivity index (χ4v) is 1.50. The number of carbonyl (C=O) groups is 1. The molecule has 0 heterocycles. The van der Waals surface area contributed by atoms with Gasteiger partial charge in [0, 0.05) is 12.0 Å². The molecule has 0 aromatic heterocycles. The molecule has 1 N–H and O–H groups in total. The molecule has 1 rings (SSSR count). The summed E-state index contributed by atoms with van der Waals surface area (Å²) in [6.07, 6.45) is 0.430. The van der Waals surface area contributed by atoms with Gasteiger partial charge in [-0.1, -0.05) is 17.9 Å². The zero-order valence-electron chi connectivity index (χ0n) is 12.1. The molecule has 0 saturated carbocycles. The van der Waals surface area contributed by atoms with Crippen LogP contribution in [-0.2, 0) is 9.53 Å². The van der Waals surface area contributed by atoms with Crippen LogP contribution in [0, 0.1) is 11.8 Å². The minimum atomic E-state index is -1.05. The standard InChI is InChI=1S/C16H20O4/c1-4-19-15(18)16(2,3)20-14-10-7-9-13(12-14)8-5-6-11-17/h7,9-10,12,17H,4,6,11H2,1-3H3. The summed E-state index contributed by atoms with van der Waals surface area (Å²) >= 11 is 0. The molecule has 20 heavy (non-hydrogen) atoms. The Bertz CT molecular complexity index is 509. The van der Waals surface area contributed by atoms with Crippen LogP contribution in [0.25, 0.3) is 0 Å². The molecule has 0 spiro atoms. The normalized spacial score (nSPS) is 10.4. The van der Waals surface area contributed by atoms with E-state index in [1.807, 2.05) is 6.07 Å². The lowest BCUT2D eigenvalue weighted by Gasteiger charge is -2.24. The highest BCUT2D eigenvalue weighted by atomic mass is 16.6. The van der Waals surface area contributed by atoms with Crippen LogP contribution in [0.2, 0.25) is 0 Å². The highest BCUT2D eigenvalue weighted by Gasteiger charge is 2.31. The van der Waals surface area contributed by atoms with E-state index in [9.17, 15) is 4.79 Å². The molecular formula is C16H20O4. The van der Waals surface area contributed by atoms with Gasteiger partial charge in [0.15, 0.2) is 5.60 Å². The van der Waals surface area contributed by atoms with E-state index >= 15 is 0 Å². The Morgan fingerprint density at radius 1 is 1.40 bits per heavy atom. The SMILES string of the molecule is CCOC(=O)C(C)(C)Oc1cccc(C#CCCO)c1. The third-order valence-electron chi connectivity index (χ3n) is 2.44. The second-order valence-corrected chi connectivity index (χ2v) is 4.64. The number of ether oxygens (including phenoxy) is 2. The third-order valence-corrected chi connectivity index (χ3v) is 2.44. The highest BCUT2D eigenvalue weighted by molar-refractivity contribution is 5.79. The summed E-state index contributed by atoms with van der Waals surface area (Å²) in [5, 5.41) is 8.68. The molecule has 0 fully saturated rings. The Labute approximate surface area is 119 Å². The van der Waals surface area contributed by atoms with E-state index in [0.29, 0.717) is 18.8 Å². The molecule has 0 saturated heterocycles. The molecule has 4 heteroatoms. The van der Waals surface area contributed by atoms with Crippen LogP contribution in [0.15, 0.2) is 24.3 Å². The highest BCUT2D eigenvalue weighted by Crippen LogP contribution is 2.20. The third kappa shape index (κ3) is 4.94. The van der Waals surface area contributed by atoms with Crippen molar-refractivity contribution in [2.24, 2.45) is 0 Å². The van der Waals surface area contributed by atoms with Crippen LogP contribution < -0.4 is 4.74 Å². The summed E-state index contributed by atoms with van der Waals surface area (Å²) in [6.45, 7) is 5.44. The lowest BCUT2D eigenvalue weighted by Crippen LogP contribution is -2.39. The van der Waals surface area contributed by atoms with Gasteiger partial charge in [0.2, 0.25) is 0 Å². The number of rotatable bonds is 5. The largest absolute Gasteiger partial charge is 0.476 e. The summed E-state index contributed by atoms with van der Waals surface area (Å²) < 4.78 is 10.6. The van der Waals surface area contributed by atoms with Crippen molar-refractivity contribution >= 4 is 5.97 Å². The fraction of sp³-hybridized carbons (Fsp3) is 0.438. The van der Waals surface area contributed by atoms with Gasteiger partial charge in [0.25, 0.3) is 0 Å². The maximum absolute atomic E-state index is 11.8. The van der Waals surface area contributed by atoms with Gasteiger partial charge in [0.05, 0.1) is 13.2 Å². The number of hydrogen-bond acceptors (Lipinski definition) is 4. The van der Waals surface area contributed by atoms with Crippen molar-refractivity contribution in [3.63, 3.8) is 0 Å². The molecule has 0 aliphatic rings. The molecule has 1 aromatic rings. The zero-order valence-corrected chi connectivity index (χ0v) is 12.1. The number of benzene rings is 1. The van der Waals surface area contributed by atoms with Crippen LogP contribution in [0.1, 0.15) is 32.8 Å². The van der Waals surface area contributed by atoms with Gasteiger partial charge in [-0.05, 0) is 39.0 Å². The minimum Gasteiger partial charge on any atom is -0.476 e. The first kappa shape index (κ1) is 16.1. The van der Waals surface area contributed by atoms with E-state index < -0.39 is 11.6 Å². The van der Waals surface area contributed by atoms with Crippen LogP contribution in [0.3, 0.4) is 0 Å². The van der Waals surface area contributed by atoms with Gasteiger partial charge in [-0.15, -0.1) is 0 Å². The quantitative estimate of drug-likeness (QED) is 0.661. The first-order chi connectivity index (χ1) is 9.49. The first-order valence-electron chi connectivity index (χ1n) is 6.55. The summed E-state index contributed by atoms with van der Waals surface area (Å²) in [7, 11) is 0. The summed E-state index contributed by atoms with van der Waals surface area (Å²) in [5.74, 6) is 5.91. The molecule has 1 aromatic carbocycles. The van der Waals surface area contributed by atoms with Crippen molar-refractivity contribution < 1.29 is 19.4 Å². The molecule has 0 bridgehead atoms. The van der Waals surface area contributed by atoms with Crippen LogP contribution in [0.4, 0.5) is 0 Å².